The summed E-state index contributed by atoms with van der Waals surface area (Å²) >= 11 is 3.18. The lowest BCUT2D eigenvalue weighted by Gasteiger charge is -2.21. The second-order valence-electron chi connectivity index (χ2n) is 4.40. The summed E-state index contributed by atoms with van der Waals surface area (Å²) < 4.78 is 5.85. The van der Waals surface area contributed by atoms with Gasteiger partial charge in [0.15, 0.2) is 4.67 Å². The fourth-order valence-corrected chi connectivity index (χ4v) is 2.53. The van der Waals surface area contributed by atoms with Gasteiger partial charge in [0.1, 0.15) is 5.76 Å². The minimum atomic E-state index is -0.872. The molecule has 0 spiro atoms. The number of aliphatic carboxylic acids is 1. The van der Waals surface area contributed by atoms with Crippen LogP contribution < -0.4 is 0 Å². The van der Waals surface area contributed by atoms with E-state index in [1.807, 2.05) is 0 Å². The number of hydrogen-bond acceptors (Lipinski definition) is 3. The molecule has 0 aromatic carbocycles. The molecular weight excluding hydrogens is 314 g/mol. The van der Waals surface area contributed by atoms with Crippen LogP contribution in [0.15, 0.2) is 27.3 Å². The van der Waals surface area contributed by atoms with Gasteiger partial charge in [-0.25, -0.2) is 0 Å². The molecule has 2 rings (SSSR count). The van der Waals surface area contributed by atoms with Crippen LogP contribution in [0.25, 0.3) is 6.08 Å². The highest BCUT2D eigenvalue weighted by Crippen LogP contribution is 2.21. The van der Waals surface area contributed by atoms with Gasteiger partial charge in [0.25, 0.3) is 0 Å². The maximum atomic E-state index is 12.0. The molecule has 1 aromatic heterocycles. The molecule has 1 N–H and O–H groups in total. The summed E-state index contributed by atoms with van der Waals surface area (Å²) in [5, 5.41) is 8.81. The van der Waals surface area contributed by atoms with E-state index >= 15 is 0 Å². The van der Waals surface area contributed by atoms with Gasteiger partial charge in [0.05, 0.1) is 6.42 Å². The monoisotopic (exact) mass is 327 g/mol. The Morgan fingerprint density at radius 2 is 2.32 bits per heavy atom. The van der Waals surface area contributed by atoms with Gasteiger partial charge in [-0.1, -0.05) is 0 Å². The molecule has 1 aliphatic heterocycles. The molecular formula is C13H14BrNO4. The number of rotatable bonds is 4. The summed E-state index contributed by atoms with van der Waals surface area (Å²) in [4.78, 5) is 24.4. The third kappa shape index (κ3) is 3.70. The first kappa shape index (κ1) is 13.9. The smallest absolute Gasteiger partial charge is 0.305 e. The van der Waals surface area contributed by atoms with Gasteiger partial charge in [0, 0.05) is 18.7 Å². The van der Waals surface area contributed by atoms with Crippen LogP contribution >= 0.6 is 15.9 Å². The van der Waals surface area contributed by atoms with Gasteiger partial charge in [-0.05, 0) is 47.0 Å². The second-order valence-corrected chi connectivity index (χ2v) is 5.18. The lowest BCUT2D eigenvalue weighted by molar-refractivity contribution is -0.139. The van der Waals surface area contributed by atoms with Crippen LogP contribution in [0.1, 0.15) is 25.0 Å². The van der Waals surface area contributed by atoms with Crippen molar-refractivity contribution >= 4 is 33.9 Å². The molecule has 1 fully saturated rings. The van der Waals surface area contributed by atoms with E-state index in [4.69, 9.17) is 9.52 Å². The number of halogens is 1. The summed E-state index contributed by atoms with van der Waals surface area (Å²) in [5.74, 6) is -0.464. The maximum Gasteiger partial charge on any atom is 0.305 e. The molecule has 1 aromatic rings. The average Bonchev–Trinajstić information content (AvgIpc) is 2.94. The molecule has 2 heterocycles. The van der Waals surface area contributed by atoms with E-state index in [1.54, 1.807) is 23.1 Å². The Balaban J connectivity index is 1.98. The van der Waals surface area contributed by atoms with Crippen molar-refractivity contribution in [3.63, 3.8) is 0 Å². The van der Waals surface area contributed by atoms with Crippen LogP contribution in [-0.4, -0.2) is 34.5 Å². The SMILES string of the molecule is O=C(O)CC1CCCN1C(=O)/C=C/c1ccc(Br)o1. The van der Waals surface area contributed by atoms with Crippen molar-refractivity contribution in [2.45, 2.75) is 25.3 Å². The normalized spacial score (nSPS) is 19.2. The van der Waals surface area contributed by atoms with E-state index in [-0.39, 0.29) is 18.4 Å². The molecule has 1 amide bonds. The van der Waals surface area contributed by atoms with Crippen molar-refractivity contribution in [2.24, 2.45) is 0 Å². The molecule has 6 heteroatoms. The Labute approximate surface area is 119 Å². The van der Waals surface area contributed by atoms with Crippen molar-refractivity contribution in [2.75, 3.05) is 6.54 Å². The van der Waals surface area contributed by atoms with Crippen molar-refractivity contribution in [1.29, 1.82) is 0 Å². The number of carbonyl (C=O) groups is 2. The Morgan fingerprint density at radius 1 is 1.53 bits per heavy atom. The predicted octanol–water partition coefficient (Wildman–Crippen LogP) is 2.52. The van der Waals surface area contributed by atoms with Gasteiger partial charge in [0.2, 0.25) is 5.91 Å². The van der Waals surface area contributed by atoms with E-state index in [0.717, 1.165) is 12.8 Å². The highest BCUT2D eigenvalue weighted by Gasteiger charge is 2.29. The standard InChI is InChI=1S/C13H14BrNO4/c14-11-5-3-10(19-11)4-6-12(16)15-7-1-2-9(15)8-13(17)18/h3-6,9H,1-2,7-8H2,(H,17,18)/b6-4+. The number of nitrogens with zero attached hydrogens (tertiary/aromatic N) is 1. The van der Waals surface area contributed by atoms with Crippen LogP contribution in [-0.2, 0) is 9.59 Å². The third-order valence-electron chi connectivity index (χ3n) is 3.05. The molecule has 1 unspecified atom stereocenters. The number of amides is 1. The summed E-state index contributed by atoms with van der Waals surface area (Å²) in [7, 11) is 0. The highest BCUT2D eigenvalue weighted by molar-refractivity contribution is 9.10. The van der Waals surface area contributed by atoms with E-state index < -0.39 is 5.97 Å². The first-order valence-corrected chi connectivity index (χ1v) is 6.81. The summed E-state index contributed by atoms with van der Waals surface area (Å²) in [6.07, 6.45) is 4.61. The second kappa shape index (κ2) is 6.06. The Hall–Kier alpha value is -1.56. The zero-order valence-electron chi connectivity index (χ0n) is 10.2. The fraction of sp³-hybridized carbons (Fsp3) is 0.385. The average molecular weight is 328 g/mol. The van der Waals surface area contributed by atoms with Gasteiger partial charge in [-0.15, -0.1) is 0 Å². The molecule has 1 saturated heterocycles. The number of carboxylic acid groups (broad SMARTS) is 1. The molecule has 0 saturated carbocycles. The lowest BCUT2D eigenvalue weighted by Crippen LogP contribution is -2.35. The first-order chi connectivity index (χ1) is 9.06. The van der Waals surface area contributed by atoms with Crippen LogP contribution in [0.5, 0.6) is 0 Å². The molecule has 1 atom stereocenters. The molecule has 5 nitrogen and oxygen atoms in total. The fourth-order valence-electron chi connectivity index (χ4n) is 2.21. The number of furan rings is 1. The van der Waals surface area contributed by atoms with Crippen molar-refractivity contribution in [3.05, 3.63) is 28.6 Å². The van der Waals surface area contributed by atoms with Crippen molar-refractivity contribution in [1.82, 2.24) is 4.90 Å². The molecule has 102 valence electrons. The van der Waals surface area contributed by atoms with Crippen molar-refractivity contribution < 1.29 is 19.1 Å². The molecule has 0 bridgehead atoms. The van der Waals surface area contributed by atoms with Gasteiger partial charge < -0.3 is 14.4 Å². The largest absolute Gasteiger partial charge is 0.481 e. The minimum Gasteiger partial charge on any atom is -0.481 e. The Kier molecular flexibility index (Phi) is 4.42. The topological polar surface area (TPSA) is 70.8 Å². The minimum absolute atomic E-state index is 0.00583. The van der Waals surface area contributed by atoms with E-state index in [9.17, 15) is 9.59 Å². The maximum absolute atomic E-state index is 12.0. The number of carbonyl (C=O) groups excluding carboxylic acids is 1. The quantitative estimate of drug-likeness (QED) is 0.862. The van der Waals surface area contributed by atoms with Crippen LogP contribution in [0, 0.1) is 0 Å². The van der Waals surface area contributed by atoms with Gasteiger partial charge in [-0.2, -0.15) is 0 Å². The van der Waals surface area contributed by atoms with Crippen LogP contribution in [0.3, 0.4) is 0 Å². The number of hydrogen-bond donors (Lipinski definition) is 1. The number of carboxylic acids is 1. The van der Waals surface area contributed by atoms with E-state index in [2.05, 4.69) is 15.9 Å². The number of likely N-dealkylation sites (tertiary alicyclic amines) is 1. The Bertz CT molecular complexity index is 508. The molecule has 0 aliphatic carbocycles. The lowest BCUT2D eigenvalue weighted by atomic mass is 10.1. The zero-order valence-corrected chi connectivity index (χ0v) is 11.8. The van der Waals surface area contributed by atoms with E-state index in [0.29, 0.717) is 17.0 Å². The summed E-state index contributed by atoms with van der Waals surface area (Å²) in [5.41, 5.74) is 0. The van der Waals surface area contributed by atoms with Crippen molar-refractivity contribution in [3.8, 4) is 0 Å². The van der Waals surface area contributed by atoms with Crippen LogP contribution in [0.4, 0.5) is 0 Å². The molecule has 19 heavy (non-hydrogen) atoms. The van der Waals surface area contributed by atoms with E-state index in [1.165, 1.54) is 6.08 Å². The predicted molar refractivity (Wildman–Crippen MR) is 72.4 cm³/mol. The van der Waals surface area contributed by atoms with Gasteiger partial charge in [-0.3, -0.25) is 9.59 Å². The molecule has 0 radical (unpaired) electrons. The molecule has 1 aliphatic rings. The zero-order chi connectivity index (χ0) is 13.8. The summed E-state index contributed by atoms with van der Waals surface area (Å²) in [6.45, 7) is 0.614. The first-order valence-electron chi connectivity index (χ1n) is 6.02. The van der Waals surface area contributed by atoms with Gasteiger partial charge >= 0.3 is 5.97 Å². The highest BCUT2D eigenvalue weighted by atomic mass is 79.9. The summed E-state index contributed by atoms with van der Waals surface area (Å²) in [6, 6.07) is 3.29. The Morgan fingerprint density at radius 3 is 2.95 bits per heavy atom. The third-order valence-corrected chi connectivity index (χ3v) is 3.48. The van der Waals surface area contributed by atoms with Crippen LogP contribution in [0.2, 0.25) is 0 Å².